The van der Waals surface area contributed by atoms with Crippen LogP contribution in [0, 0.1) is 5.92 Å². The van der Waals surface area contributed by atoms with Gasteiger partial charge >= 0.3 is 0 Å². The number of nitrogens with zero attached hydrogens (tertiary/aromatic N) is 3. The topological polar surface area (TPSA) is 38.8 Å². The fourth-order valence-corrected chi connectivity index (χ4v) is 2.89. The standard InChI is InChI=1S/C14H28N4O.ClH/c1-16(2)14(19)12-18-9-7-17(8-10-18)11-13-3-5-15-6-4-13;/h13,15H,3-12H2,1-2H3;1H. The largest absolute Gasteiger partial charge is 0.348 e. The van der Waals surface area contributed by atoms with Crippen LogP contribution < -0.4 is 5.32 Å². The molecule has 0 aromatic carbocycles. The van der Waals surface area contributed by atoms with E-state index in [0.29, 0.717) is 6.54 Å². The quantitative estimate of drug-likeness (QED) is 0.800. The zero-order valence-electron chi connectivity index (χ0n) is 12.8. The summed E-state index contributed by atoms with van der Waals surface area (Å²) >= 11 is 0. The molecule has 0 bridgehead atoms. The molecule has 20 heavy (non-hydrogen) atoms. The highest BCUT2D eigenvalue weighted by molar-refractivity contribution is 5.85. The predicted octanol–water partition coefficient (Wildman–Crippen LogP) is 0.114. The summed E-state index contributed by atoms with van der Waals surface area (Å²) < 4.78 is 0. The molecule has 1 N–H and O–H groups in total. The number of carbonyl (C=O) groups excluding carboxylic acids is 1. The summed E-state index contributed by atoms with van der Waals surface area (Å²) in [6, 6.07) is 0. The van der Waals surface area contributed by atoms with Crippen molar-refractivity contribution in [3.05, 3.63) is 0 Å². The zero-order chi connectivity index (χ0) is 13.7. The number of rotatable bonds is 4. The Bertz CT molecular complexity index is 287. The van der Waals surface area contributed by atoms with Crippen molar-refractivity contribution >= 4 is 18.3 Å². The lowest BCUT2D eigenvalue weighted by Crippen LogP contribution is -2.50. The Morgan fingerprint density at radius 1 is 1.10 bits per heavy atom. The van der Waals surface area contributed by atoms with E-state index in [9.17, 15) is 4.79 Å². The van der Waals surface area contributed by atoms with Crippen molar-refractivity contribution < 1.29 is 4.79 Å². The van der Waals surface area contributed by atoms with Gasteiger partial charge in [-0.05, 0) is 31.8 Å². The van der Waals surface area contributed by atoms with Crippen LogP contribution in [0.1, 0.15) is 12.8 Å². The van der Waals surface area contributed by atoms with Crippen molar-refractivity contribution in [1.29, 1.82) is 0 Å². The zero-order valence-corrected chi connectivity index (χ0v) is 13.6. The van der Waals surface area contributed by atoms with Gasteiger partial charge in [0.05, 0.1) is 6.54 Å². The molecule has 2 saturated heterocycles. The van der Waals surface area contributed by atoms with E-state index in [1.165, 1.54) is 32.5 Å². The van der Waals surface area contributed by atoms with Gasteiger partial charge in [-0.3, -0.25) is 9.69 Å². The van der Waals surface area contributed by atoms with Crippen LogP contribution in [0.25, 0.3) is 0 Å². The molecule has 0 unspecified atom stereocenters. The molecule has 2 fully saturated rings. The minimum absolute atomic E-state index is 0. The summed E-state index contributed by atoms with van der Waals surface area (Å²) in [5, 5.41) is 3.42. The molecule has 0 atom stereocenters. The molecule has 2 rings (SSSR count). The molecule has 118 valence electrons. The summed E-state index contributed by atoms with van der Waals surface area (Å²) in [6.07, 6.45) is 2.64. The fourth-order valence-electron chi connectivity index (χ4n) is 2.89. The first-order valence-electron chi connectivity index (χ1n) is 7.50. The number of piperazine rings is 1. The van der Waals surface area contributed by atoms with Crippen molar-refractivity contribution in [3.63, 3.8) is 0 Å². The Balaban J connectivity index is 0.00000200. The third-order valence-electron chi connectivity index (χ3n) is 4.30. The number of amides is 1. The smallest absolute Gasteiger partial charge is 0.236 e. The number of carbonyl (C=O) groups is 1. The molecule has 0 radical (unpaired) electrons. The van der Waals surface area contributed by atoms with Gasteiger partial charge in [0.25, 0.3) is 0 Å². The number of likely N-dealkylation sites (N-methyl/N-ethyl adjacent to an activating group) is 1. The summed E-state index contributed by atoms with van der Waals surface area (Å²) in [5.74, 6) is 1.09. The van der Waals surface area contributed by atoms with Gasteiger partial charge in [0.1, 0.15) is 0 Å². The molecule has 0 spiro atoms. The molecule has 2 heterocycles. The lowest BCUT2D eigenvalue weighted by molar-refractivity contribution is -0.130. The van der Waals surface area contributed by atoms with Crippen LogP contribution in [0.2, 0.25) is 0 Å². The van der Waals surface area contributed by atoms with Crippen LogP contribution in [0.5, 0.6) is 0 Å². The molecule has 5 nitrogen and oxygen atoms in total. The lowest BCUT2D eigenvalue weighted by Gasteiger charge is -2.37. The summed E-state index contributed by atoms with van der Waals surface area (Å²) in [6.45, 7) is 8.49. The van der Waals surface area contributed by atoms with Gasteiger partial charge in [0, 0.05) is 46.8 Å². The van der Waals surface area contributed by atoms with E-state index >= 15 is 0 Å². The number of nitrogens with one attached hydrogen (secondary N) is 1. The van der Waals surface area contributed by atoms with Gasteiger partial charge in [-0.1, -0.05) is 0 Å². The Morgan fingerprint density at radius 2 is 1.65 bits per heavy atom. The molecule has 6 heteroatoms. The van der Waals surface area contributed by atoms with Gasteiger partial charge in [-0.25, -0.2) is 0 Å². The monoisotopic (exact) mass is 304 g/mol. The van der Waals surface area contributed by atoms with Gasteiger partial charge in [-0.2, -0.15) is 0 Å². The van der Waals surface area contributed by atoms with Gasteiger partial charge in [0.15, 0.2) is 0 Å². The van der Waals surface area contributed by atoms with E-state index in [-0.39, 0.29) is 18.3 Å². The lowest BCUT2D eigenvalue weighted by atomic mass is 9.97. The van der Waals surface area contributed by atoms with Gasteiger partial charge in [0.2, 0.25) is 5.91 Å². The number of hydrogen-bond donors (Lipinski definition) is 1. The van der Waals surface area contributed by atoms with E-state index in [4.69, 9.17) is 0 Å². The third kappa shape index (κ3) is 5.56. The van der Waals surface area contributed by atoms with E-state index in [1.54, 1.807) is 4.90 Å². The maximum atomic E-state index is 11.7. The minimum Gasteiger partial charge on any atom is -0.348 e. The number of piperidine rings is 1. The van der Waals surface area contributed by atoms with Crippen molar-refractivity contribution in [1.82, 2.24) is 20.0 Å². The second-order valence-electron chi connectivity index (χ2n) is 6.06. The van der Waals surface area contributed by atoms with E-state index in [2.05, 4.69) is 15.1 Å². The SMILES string of the molecule is CN(C)C(=O)CN1CCN(CC2CCNCC2)CC1.Cl. The maximum absolute atomic E-state index is 11.7. The first-order chi connectivity index (χ1) is 9.15. The van der Waals surface area contributed by atoms with Crippen LogP contribution in [0.4, 0.5) is 0 Å². The second-order valence-corrected chi connectivity index (χ2v) is 6.06. The first-order valence-corrected chi connectivity index (χ1v) is 7.50. The summed E-state index contributed by atoms with van der Waals surface area (Å²) in [7, 11) is 3.66. The van der Waals surface area contributed by atoms with Crippen molar-refractivity contribution in [2.75, 3.05) is 66.5 Å². The van der Waals surface area contributed by atoms with E-state index in [0.717, 1.165) is 32.1 Å². The summed E-state index contributed by atoms with van der Waals surface area (Å²) in [5.41, 5.74) is 0. The summed E-state index contributed by atoms with van der Waals surface area (Å²) in [4.78, 5) is 18.2. The van der Waals surface area contributed by atoms with Crippen LogP contribution in [0.3, 0.4) is 0 Å². The Kier molecular flexibility index (Phi) is 7.80. The highest BCUT2D eigenvalue weighted by Crippen LogP contribution is 2.14. The molecule has 0 aliphatic carbocycles. The molecular formula is C14H29ClN4O. The molecular weight excluding hydrogens is 276 g/mol. The van der Waals surface area contributed by atoms with Crippen LogP contribution in [-0.2, 0) is 4.79 Å². The third-order valence-corrected chi connectivity index (χ3v) is 4.30. The highest BCUT2D eigenvalue weighted by atomic mass is 35.5. The minimum atomic E-state index is 0. The van der Waals surface area contributed by atoms with E-state index in [1.807, 2.05) is 14.1 Å². The van der Waals surface area contributed by atoms with Crippen LogP contribution in [0.15, 0.2) is 0 Å². The first kappa shape index (κ1) is 17.7. The predicted molar refractivity (Wildman–Crippen MR) is 84.4 cm³/mol. The molecule has 0 saturated carbocycles. The fraction of sp³-hybridized carbons (Fsp3) is 0.929. The molecule has 2 aliphatic heterocycles. The Morgan fingerprint density at radius 3 is 2.20 bits per heavy atom. The van der Waals surface area contributed by atoms with Crippen molar-refractivity contribution in [3.8, 4) is 0 Å². The molecule has 1 amide bonds. The average Bonchev–Trinajstić information content (AvgIpc) is 2.42. The van der Waals surface area contributed by atoms with Gasteiger partial charge < -0.3 is 15.1 Å². The van der Waals surface area contributed by atoms with E-state index < -0.39 is 0 Å². The number of halogens is 1. The Hall–Kier alpha value is -0.360. The van der Waals surface area contributed by atoms with Crippen LogP contribution in [-0.4, -0.2) is 87.1 Å². The van der Waals surface area contributed by atoms with Gasteiger partial charge in [-0.15, -0.1) is 12.4 Å². The normalized spacial score (nSPS) is 22.3. The molecule has 0 aromatic rings. The Labute approximate surface area is 129 Å². The van der Waals surface area contributed by atoms with Crippen LogP contribution >= 0.6 is 12.4 Å². The molecule has 2 aliphatic rings. The second kappa shape index (κ2) is 8.82. The molecule has 0 aromatic heterocycles. The maximum Gasteiger partial charge on any atom is 0.236 e. The highest BCUT2D eigenvalue weighted by Gasteiger charge is 2.22. The van der Waals surface area contributed by atoms with Crippen molar-refractivity contribution in [2.24, 2.45) is 5.92 Å². The average molecular weight is 305 g/mol. The number of hydrogen-bond acceptors (Lipinski definition) is 4. The van der Waals surface area contributed by atoms with Crippen molar-refractivity contribution in [2.45, 2.75) is 12.8 Å².